The first kappa shape index (κ1) is 22.1. The number of nitrogens with one attached hydrogen (secondary N) is 2. The van der Waals surface area contributed by atoms with Crippen LogP contribution in [0.2, 0.25) is 5.02 Å². The molecule has 2 N–H and O–H groups in total. The van der Waals surface area contributed by atoms with E-state index in [1.807, 2.05) is 55.5 Å². The van der Waals surface area contributed by atoms with E-state index in [1.165, 1.54) is 6.21 Å². The van der Waals surface area contributed by atoms with Crippen LogP contribution in [0.3, 0.4) is 0 Å². The van der Waals surface area contributed by atoms with Gasteiger partial charge in [-0.25, -0.2) is 5.43 Å². The maximum absolute atomic E-state index is 12.0. The monoisotopic (exact) mass is 435 g/mol. The second kappa shape index (κ2) is 10.9. The van der Waals surface area contributed by atoms with Crippen LogP contribution >= 0.6 is 11.6 Å². The predicted octanol–water partition coefficient (Wildman–Crippen LogP) is 4.57. The minimum Gasteiger partial charge on any atom is -0.489 e. The molecule has 0 saturated carbocycles. The van der Waals surface area contributed by atoms with E-state index in [4.69, 9.17) is 16.3 Å². The highest BCUT2D eigenvalue weighted by atomic mass is 35.5. The lowest BCUT2D eigenvalue weighted by molar-refractivity contribution is -0.136. The molecule has 0 aliphatic rings. The molecule has 6 nitrogen and oxygen atoms in total. The second-order valence-electron chi connectivity index (χ2n) is 6.69. The number of nitrogens with zero attached hydrogens (tertiary/aromatic N) is 1. The lowest BCUT2D eigenvalue weighted by Gasteiger charge is -2.07. The Morgan fingerprint density at radius 3 is 2.39 bits per heavy atom. The molecule has 0 unspecified atom stereocenters. The van der Waals surface area contributed by atoms with Gasteiger partial charge in [-0.2, -0.15) is 5.10 Å². The Morgan fingerprint density at radius 2 is 1.68 bits per heavy atom. The molecule has 31 heavy (non-hydrogen) atoms. The van der Waals surface area contributed by atoms with Crippen molar-refractivity contribution in [3.63, 3.8) is 0 Å². The fraction of sp³-hybridized carbons (Fsp3) is 0.125. The van der Waals surface area contributed by atoms with Crippen molar-refractivity contribution >= 4 is 35.3 Å². The van der Waals surface area contributed by atoms with E-state index in [0.29, 0.717) is 28.6 Å². The summed E-state index contributed by atoms with van der Waals surface area (Å²) in [5.74, 6) is -0.995. The van der Waals surface area contributed by atoms with Gasteiger partial charge >= 0.3 is 11.8 Å². The van der Waals surface area contributed by atoms with Crippen molar-refractivity contribution in [1.82, 2.24) is 5.43 Å². The molecule has 0 bridgehead atoms. The van der Waals surface area contributed by atoms with Crippen molar-refractivity contribution in [3.05, 3.63) is 94.5 Å². The number of hydrogen-bond acceptors (Lipinski definition) is 4. The number of anilines is 1. The van der Waals surface area contributed by atoms with Crippen LogP contribution in [0.4, 0.5) is 5.69 Å². The fourth-order valence-electron chi connectivity index (χ4n) is 2.66. The van der Waals surface area contributed by atoms with Crippen LogP contribution in [0.1, 0.15) is 23.6 Å². The molecule has 0 saturated heterocycles. The number of hydrogen-bond donors (Lipinski definition) is 2. The number of benzene rings is 3. The number of halogens is 1. The summed E-state index contributed by atoms with van der Waals surface area (Å²) in [5, 5.41) is 7.05. The van der Waals surface area contributed by atoms with E-state index in [2.05, 4.69) is 15.8 Å². The smallest absolute Gasteiger partial charge is 0.329 e. The standard InChI is InChI=1S/C24H22ClN3O3/c1-2-17-8-12-21(13-9-17)27-23(29)24(30)28-26-15-19-4-3-5-22(14-19)31-16-18-6-10-20(25)11-7-18/h3-15H,2,16H2,1H3,(H,27,29)(H,28,30)/b26-15-. The van der Waals surface area contributed by atoms with Gasteiger partial charge in [0.15, 0.2) is 0 Å². The minimum atomic E-state index is -0.856. The minimum absolute atomic E-state index is 0.397. The number of carbonyl (C=O) groups is 2. The summed E-state index contributed by atoms with van der Waals surface area (Å²) in [6, 6.07) is 21.9. The molecular formula is C24H22ClN3O3. The predicted molar refractivity (Wildman–Crippen MR) is 122 cm³/mol. The first-order valence-corrected chi connectivity index (χ1v) is 10.1. The van der Waals surface area contributed by atoms with Crippen LogP contribution in [-0.2, 0) is 22.6 Å². The van der Waals surface area contributed by atoms with E-state index in [0.717, 1.165) is 17.5 Å². The number of amides is 2. The maximum atomic E-state index is 12.0. The van der Waals surface area contributed by atoms with Crippen molar-refractivity contribution < 1.29 is 14.3 Å². The normalized spacial score (nSPS) is 10.6. The van der Waals surface area contributed by atoms with Gasteiger partial charge in [-0.15, -0.1) is 0 Å². The molecule has 0 atom stereocenters. The van der Waals surface area contributed by atoms with Gasteiger partial charge in [0, 0.05) is 10.7 Å². The van der Waals surface area contributed by atoms with Gasteiger partial charge in [-0.1, -0.05) is 54.9 Å². The van der Waals surface area contributed by atoms with Crippen LogP contribution in [0, 0.1) is 0 Å². The molecule has 0 aliphatic carbocycles. The van der Waals surface area contributed by atoms with Gasteiger partial charge in [0.25, 0.3) is 0 Å². The van der Waals surface area contributed by atoms with Crippen LogP contribution < -0.4 is 15.5 Å². The molecule has 0 heterocycles. The summed E-state index contributed by atoms with van der Waals surface area (Å²) in [6.07, 6.45) is 2.34. The second-order valence-corrected chi connectivity index (χ2v) is 7.13. The highest BCUT2D eigenvalue weighted by Gasteiger charge is 2.12. The van der Waals surface area contributed by atoms with Crippen molar-refractivity contribution in [3.8, 4) is 5.75 Å². The third kappa shape index (κ3) is 6.97. The summed E-state index contributed by atoms with van der Waals surface area (Å²) in [4.78, 5) is 23.9. The molecule has 0 fully saturated rings. The van der Waals surface area contributed by atoms with Crippen molar-refractivity contribution in [2.75, 3.05) is 5.32 Å². The average Bonchev–Trinajstić information content (AvgIpc) is 2.79. The van der Waals surface area contributed by atoms with Crippen LogP contribution in [0.5, 0.6) is 5.75 Å². The number of ether oxygens (including phenoxy) is 1. The summed E-state index contributed by atoms with van der Waals surface area (Å²) in [5.41, 5.74) is 5.62. The van der Waals surface area contributed by atoms with Gasteiger partial charge in [0.05, 0.1) is 6.21 Å². The van der Waals surface area contributed by atoms with E-state index in [1.54, 1.807) is 24.3 Å². The van der Waals surface area contributed by atoms with Gasteiger partial charge in [0.1, 0.15) is 12.4 Å². The molecule has 0 aromatic heterocycles. The molecule has 3 aromatic carbocycles. The van der Waals surface area contributed by atoms with Gasteiger partial charge in [0.2, 0.25) is 0 Å². The van der Waals surface area contributed by atoms with Crippen LogP contribution in [0.25, 0.3) is 0 Å². The van der Waals surface area contributed by atoms with E-state index >= 15 is 0 Å². The van der Waals surface area contributed by atoms with Crippen LogP contribution in [-0.4, -0.2) is 18.0 Å². The topological polar surface area (TPSA) is 79.8 Å². The Balaban J connectivity index is 1.50. The molecule has 0 aliphatic heterocycles. The number of aryl methyl sites for hydroxylation is 1. The third-order valence-electron chi connectivity index (χ3n) is 4.38. The van der Waals surface area contributed by atoms with Gasteiger partial charge < -0.3 is 10.1 Å². The van der Waals surface area contributed by atoms with E-state index in [-0.39, 0.29) is 0 Å². The fourth-order valence-corrected chi connectivity index (χ4v) is 2.79. The third-order valence-corrected chi connectivity index (χ3v) is 4.63. The van der Waals surface area contributed by atoms with Crippen molar-refractivity contribution in [2.24, 2.45) is 5.10 Å². The zero-order valence-corrected chi connectivity index (χ0v) is 17.7. The Kier molecular flexibility index (Phi) is 7.79. The summed E-state index contributed by atoms with van der Waals surface area (Å²) >= 11 is 5.88. The first-order valence-electron chi connectivity index (χ1n) is 9.74. The molecule has 2 amide bonds. The molecule has 0 radical (unpaired) electrons. The quantitative estimate of drug-likeness (QED) is 0.324. The maximum Gasteiger partial charge on any atom is 0.329 e. The molecule has 3 rings (SSSR count). The molecule has 158 valence electrons. The van der Waals surface area contributed by atoms with Gasteiger partial charge in [-0.3, -0.25) is 9.59 Å². The van der Waals surface area contributed by atoms with Crippen LogP contribution in [0.15, 0.2) is 77.9 Å². The van der Waals surface area contributed by atoms with E-state index < -0.39 is 11.8 Å². The zero-order chi connectivity index (χ0) is 22.1. The Morgan fingerprint density at radius 1 is 0.968 bits per heavy atom. The highest BCUT2D eigenvalue weighted by molar-refractivity contribution is 6.39. The zero-order valence-electron chi connectivity index (χ0n) is 17.0. The number of rotatable bonds is 7. The summed E-state index contributed by atoms with van der Waals surface area (Å²) in [6.45, 7) is 2.44. The molecule has 7 heteroatoms. The number of hydrazone groups is 1. The van der Waals surface area contributed by atoms with E-state index in [9.17, 15) is 9.59 Å². The number of carbonyl (C=O) groups excluding carboxylic acids is 2. The van der Waals surface area contributed by atoms with Crippen molar-refractivity contribution in [2.45, 2.75) is 20.0 Å². The lowest BCUT2D eigenvalue weighted by atomic mass is 10.1. The molecule has 3 aromatic rings. The molecular weight excluding hydrogens is 414 g/mol. The van der Waals surface area contributed by atoms with Gasteiger partial charge in [-0.05, 0) is 59.5 Å². The Labute approximate surface area is 185 Å². The SMILES string of the molecule is CCc1ccc(NC(=O)C(=O)N/N=C\c2cccc(OCc3ccc(Cl)cc3)c2)cc1. The summed E-state index contributed by atoms with van der Waals surface area (Å²) < 4.78 is 5.76. The Bertz CT molecular complexity index is 1060. The summed E-state index contributed by atoms with van der Waals surface area (Å²) in [7, 11) is 0. The average molecular weight is 436 g/mol. The lowest BCUT2D eigenvalue weighted by Crippen LogP contribution is -2.32. The first-order chi connectivity index (χ1) is 15.0. The highest BCUT2D eigenvalue weighted by Crippen LogP contribution is 2.16. The Hall–Kier alpha value is -3.64. The van der Waals surface area contributed by atoms with Crippen molar-refractivity contribution in [1.29, 1.82) is 0 Å². The molecule has 0 spiro atoms. The largest absolute Gasteiger partial charge is 0.489 e.